The van der Waals surface area contributed by atoms with Gasteiger partial charge in [0.2, 0.25) is 0 Å². The molecule has 1 fully saturated rings. The van der Waals surface area contributed by atoms with Crippen LogP contribution in [-0.4, -0.2) is 18.8 Å². The van der Waals surface area contributed by atoms with E-state index in [2.05, 4.69) is 5.92 Å². The third-order valence-corrected chi connectivity index (χ3v) is 2.06. The standard InChI is InChI=1S/C9H15NO/c1-2-3-5-8(10)9-6-4-7-11-9/h1,8-9H,3-7,10H2. The van der Waals surface area contributed by atoms with E-state index < -0.39 is 0 Å². The van der Waals surface area contributed by atoms with Gasteiger partial charge in [-0.05, 0) is 19.3 Å². The highest BCUT2D eigenvalue weighted by Gasteiger charge is 2.21. The molecule has 1 heterocycles. The van der Waals surface area contributed by atoms with Crippen LogP contribution >= 0.6 is 0 Å². The van der Waals surface area contributed by atoms with Gasteiger partial charge in [-0.3, -0.25) is 0 Å². The van der Waals surface area contributed by atoms with Crippen molar-refractivity contribution in [2.75, 3.05) is 6.61 Å². The predicted molar refractivity (Wildman–Crippen MR) is 45.0 cm³/mol. The predicted octanol–water partition coefficient (Wildman–Crippen LogP) is 0.906. The van der Waals surface area contributed by atoms with Gasteiger partial charge in [0, 0.05) is 19.1 Å². The fourth-order valence-electron chi connectivity index (χ4n) is 1.38. The summed E-state index contributed by atoms with van der Waals surface area (Å²) in [5, 5.41) is 0. The fourth-order valence-corrected chi connectivity index (χ4v) is 1.38. The van der Waals surface area contributed by atoms with Crippen molar-refractivity contribution in [3.8, 4) is 12.3 Å². The zero-order chi connectivity index (χ0) is 8.10. The zero-order valence-electron chi connectivity index (χ0n) is 6.75. The Morgan fingerprint density at radius 1 is 1.73 bits per heavy atom. The number of hydrogen-bond donors (Lipinski definition) is 1. The van der Waals surface area contributed by atoms with E-state index in [1.165, 1.54) is 0 Å². The van der Waals surface area contributed by atoms with E-state index in [9.17, 15) is 0 Å². The highest BCUT2D eigenvalue weighted by Crippen LogP contribution is 2.16. The number of nitrogens with two attached hydrogens (primary N) is 1. The molecule has 0 aromatic rings. The Balaban J connectivity index is 2.18. The Hall–Kier alpha value is -0.520. The largest absolute Gasteiger partial charge is 0.377 e. The van der Waals surface area contributed by atoms with Gasteiger partial charge in [-0.2, -0.15) is 0 Å². The van der Waals surface area contributed by atoms with Crippen LogP contribution in [0.3, 0.4) is 0 Å². The molecule has 2 unspecified atom stereocenters. The van der Waals surface area contributed by atoms with Crippen molar-refractivity contribution >= 4 is 0 Å². The van der Waals surface area contributed by atoms with E-state index in [1.807, 2.05) is 0 Å². The van der Waals surface area contributed by atoms with Crippen molar-refractivity contribution in [1.82, 2.24) is 0 Å². The number of rotatable bonds is 3. The normalized spacial score (nSPS) is 26.4. The lowest BCUT2D eigenvalue weighted by Crippen LogP contribution is -2.33. The lowest BCUT2D eigenvalue weighted by Gasteiger charge is -2.16. The molecule has 0 saturated carbocycles. The third kappa shape index (κ3) is 2.53. The first-order valence-corrected chi connectivity index (χ1v) is 4.15. The molecule has 1 aliphatic heterocycles. The topological polar surface area (TPSA) is 35.2 Å². The van der Waals surface area contributed by atoms with Gasteiger partial charge in [-0.25, -0.2) is 0 Å². The molecule has 0 bridgehead atoms. The highest BCUT2D eigenvalue weighted by atomic mass is 16.5. The maximum atomic E-state index is 5.84. The van der Waals surface area contributed by atoms with Crippen molar-refractivity contribution in [3.05, 3.63) is 0 Å². The van der Waals surface area contributed by atoms with Crippen LogP contribution in [0, 0.1) is 12.3 Å². The second kappa shape index (κ2) is 4.38. The minimum atomic E-state index is 0.147. The molecule has 11 heavy (non-hydrogen) atoms. The molecule has 2 atom stereocenters. The summed E-state index contributed by atoms with van der Waals surface area (Å²) in [6, 6.07) is 0.147. The van der Waals surface area contributed by atoms with E-state index in [-0.39, 0.29) is 12.1 Å². The molecule has 1 saturated heterocycles. The Morgan fingerprint density at radius 3 is 3.09 bits per heavy atom. The van der Waals surface area contributed by atoms with Gasteiger partial charge < -0.3 is 10.5 Å². The molecule has 1 rings (SSSR count). The molecule has 0 radical (unpaired) electrons. The molecule has 0 aliphatic carbocycles. The van der Waals surface area contributed by atoms with Crippen molar-refractivity contribution in [2.24, 2.45) is 5.73 Å². The number of terminal acetylenes is 1. The van der Waals surface area contributed by atoms with Crippen molar-refractivity contribution in [1.29, 1.82) is 0 Å². The van der Waals surface area contributed by atoms with Crippen LogP contribution < -0.4 is 5.73 Å². The fraction of sp³-hybridized carbons (Fsp3) is 0.778. The maximum Gasteiger partial charge on any atom is 0.0727 e. The molecule has 2 heteroatoms. The molecule has 0 aromatic carbocycles. The average Bonchev–Trinajstić information content (AvgIpc) is 2.52. The number of ether oxygens (including phenoxy) is 1. The summed E-state index contributed by atoms with van der Waals surface area (Å²) in [6.07, 6.45) is 9.30. The molecular weight excluding hydrogens is 138 g/mol. The Morgan fingerprint density at radius 2 is 2.55 bits per heavy atom. The summed E-state index contributed by atoms with van der Waals surface area (Å²) in [5.74, 6) is 2.59. The van der Waals surface area contributed by atoms with Crippen LogP contribution in [0.5, 0.6) is 0 Å². The van der Waals surface area contributed by atoms with E-state index in [1.54, 1.807) is 0 Å². The Kier molecular flexibility index (Phi) is 3.41. The van der Waals surface area contributed by atoms with Gasteiger partial charge in [0.15, 0.2) is 0 Å². The summed E-state index contributed by atoms with van der Waals surface area (Å²) in [7, 11) is 0. The molecule has 2 N–H and O–H groups in total. The van der Waals surface area contributed by atoms with E-state index in [0.717, 1.165) is 32.3 Å². The van der Waals surface area contributed by atoms with Crippen molar-refractivity contribution in [2.45, 2.75) is 37.8 Å². The molecular formula is C9H15NO. The molecule has 2 nitrogen and oxygen atoms in total. The first kappa shape index (κ1) is 8.58. The first-order valence-electron chi connectivity index (χ1n) is 4.15. The Labute approximate surface area is 68.1 Å². The van der Waals surface area contributed by atoms with E-state index in [0.29, 0.717) is 0 Å². The first-order chi connectivity index (χ1) is 5.34. The average molecular weight is 153 g/mol. The highest BCUT2D eigenvalue weighted by molar-refractivity contribution is 4.87. The third-order valence-electron chi connectivity index (χ3n) is 2.06. The second-order valence-corrected chi connectivity index (χ2v) is 2.96. The minimum Gasteiger partial charge on any atom is -0.377 e. The second-order valence-electron chi connectivity index (χ2n) is 2.96. The maximum absolute atomic E-state index is 5.84. The van der Waals surface area contributed by atoms with Crippen molar-refractivity contribution < 1.29 is 4.74 Å². The summed E-state index contributed by atoms with van der Waals surface area (Å²) in [6.45, 7) is 0.869. The van der Waals surface area contributed by atoms with Crippen LogP contribution in [0.4, 0.5) is 0 Å². The van der Waals surface area contributed by atoms with Gasteiger partial charge in [0.1, 0.15) is 0 Å². The summed E-state index contributed by atoms with van der Waals surface area (Å²) < 4.78 is 5.42. The van der Waals surface area contributed by atoms with Gasteiger partial charge in [0.25, 0.3) is 0 Å². The summed E-state index contributed by atoms with van der Waals surface area (Å²) in [5.41, 5.74) is 5.84. The quantitative estimate of drug-likeness (QED) is 0.611. The summed E-state index contributed by atoms with van der Waals surface area (Å²) in [4.78, 5) is 0. The van der Waals surface area contributed by atoms with E-state index in [4.69, 9.17) is 16.9 Å². The van der Waals surface area contributed by atoms with Gasteiger partial charge in [0.05, 0.1) is 6.10 Å². The van der Waals surface area contributed by atoms with Crippen molar-refractivity contribution in [3.63, 3.8) is 0 Å². The lowest BCUT2D eigenvalue weighted by molar-refractivity contribution is 0.0880. The zero-order valence-corrected chi connectivity index (χ0v) is 6.75. The number of hydrogen-bond acceptors (Lipinski definition) is 2. The molecule has 0 spiro atoms. The molecule has 62 valence electrons. The Bertz CT molecular complexity index is 144. The molecule has 1 aliphatic rings. The van der Waals surface area contributed by atoms with Crippen LogP contribution in [0.2, 0.25) is 0 Å². The summed E-state index contributed by atoms with van der Waals surface area (Å²) >= 11 is 0. The van der Waals surface area contributed by atoms with Crippen LogP contribution in [-0.2, 0) is 4.74 Å². The van der Waals surface area contributed by atoms with Gasteiger partial charge in [-0.1, -0.05) is 0 Å². The lowest BCUT2D eigenvalue weighted by atomic mass is 10.0. The van der Waals surface area contributed by atoms with Crippen LogP contribution in [0.1, 0.15) is 25.7 Å². The van der Waals surface area contributed by atoms with Gasteiger partial charge >= 0.3 is 0 Å². The smallest absolute Gasteiger partial charge is 0.0727 e. The van der Waals surface area contributed by atoms with E-state index >= 15 is 0 Å². The molecule has 0 amide bonds. The van der Waals surface area contributed by atoms with Crippen LogP contribution in [0.25, 0.3) is 0 Å². The monoisotopic (exact) mass is 153 g/mol. The van der Waals surface area contributed by atoms with Crippen LogP contribution in [0.15, 0.2) is 0 Å². The SMILES string of the molecule is C#CCCC(N)C1CCCO1. The minimum absolute atomic E-state index is 0.147. The van der Waals surface area contributed by atoms with Gasteiger partial charge in [-0.15, -0.1) is 12.3 Å². The molecule has 0 aromatic heterocycles.